The van der Waals surface area contributed by atoms with Crippen molar-refractivity contribution in [1.29, 1.82) is 0 Å². The van der Waals surface area contributed by atoms with E-state index in [4.69, 9.17) is 0 Å². The van der Waals surface area contributed by atoms with Crippen LogP contribution in [-0.2, 0) is 6.54 Å². The molecular formula is C12H13NOS. The number of rotatable bonds is 2. The van der Waals surface area contributed by atoms with Crippen molar-refractivity contribution in [3.8, 4) is 0 Å². The van der Waals surface area contributed by atoms with Crippen molar-refractivity contribution in [3.63, 3.8) is 0 Å². The molecule has 0 spiro atoms. The second-order valence-corrected chi connectivity index (χ2v) is 4.58. The van der Waals surface area contributed by atoms with Crippen LogP contribution in [0.3, 0.4) is 0 Å². The number of thiazole rings is 1. The lowest BCUT2D eigenvalue weighted by molar-refractivity contribution is 0.778. The summed E-state index contributed by atoms with van der Waals surface area (Å²) < 4.78 is 1.74. The molecule has 1 aromatic carbocycles. The third-order valence-electron chi connectivity index (χ3n) is 2.49. The molecular weight excluding hydrogens is 206 g/mol. The minimum atomic E-state index is 0.107. The topological polar surface area (TPSA) is 22.0 Å². The molecule has 0 saturated carbocycles. The summed E-state index contributed by atoms with van der Waals surface area (Å²) in [6.45, 7) is 4.82. The highest BCUT2D eigenvalue weighted by Gasteiger charge is 2.02. The van der Waals surface area contributed by atoms with Gasteiger partial charge in [0.1, 0.15) is 0 Å². The normalized spacial score (nSPS) is 10.5. The van der Waals surface area contributed by atoms with Gasteiger partial charge in [0.2, 0.25) is 0 Å². The predicted octanol–water partition coefficient (Wildman–Crippen LogP) is 2.57. The van der Waals surface area contributed by atoms with Crippen LogP contribution in [0.25, 0.3) is 0 Å². The summed E-state index contributed by atoms with van der Waals surface area (Å²) in [7, 11) is 0. The van der Waals surface area contributed by atoms with Gasteiger partial charge >= 0.3 is 4.87 Å². The maximum Gasteiger partial charge on any atom is 0.307 e. The van der Waals surface area contributed by atoms with Gasteiger partial charge in [-0.2, -0.15) is 0 Å². The minimum Gasteiger partial charge on any atom is -0.302 e. The van der Waals surface area contributed by atoms with E-state index in [0.29, 0.717) is 6.54 Å². The summed E-state index contributed by atoms with van der Waals surface area (Å²) in [6, 6.07) is 6.33. The zero-order valence-electron chi connectivity index (χ0n) is 8.86. The molecule has 2 aromatic rings. The van der Waals surface area contributed by atoms with Crippen LogP contribution in [0.2, 0.25) is 0 Å². The number of aromatic nitrogens is 1. The molecule has 2 rings (SSSR count). The standard InChI is InChI=1S/C12H13NOS/c1-9-3-4-10(2)11(7-9)8-13-5-6-15-12(13)14/h3-7H,8H2,1-2H3. The molecule has 2 nitrogen and oxygen atoms in total. The molecule has 1 heterocycles. The van der Waals surface area contributed by atoms with E-state index < -0.39 is 0 Å². The zero-order chi connectivity index (χ0) is 10.8. The van der Waals surface area contributed by atoms with Crippen LogP contribution in [0.1, 0.15) is 16.7 Å². The number of hydrogen-bond acceptors (Lipinski definition) is 2. The third-order valence-corrected chi connectivity index (χ3v) is 3.18. The monoisotopic (exact) mass is 219 g/mol. The Hall–Kier alpha value is -1.35. The Morgan fingerprint density at radius 3 is 2.80 bits per heavy atom. The first-order valence-corrected chi connectivity index (χ1v) is 5.75. The van der Waals surface area contributed by atoms with Crippen molar-refractivity contribution >= 4 is 11.3 Å². The molecule has 0 unspecified atom stereocenters. The average molecular weight is 219 g/mol. The molecule has 0 aliphatic rings. The van der Waals surface area contributed by atoms with E-state index in [1.165, 1.54) is 28.0 Å². The fraction of sp³-hybridized carbons (Fsp3) is 0.250. The van der Waals surface area contributed by atoms with Gasteiger partial charge in [0, 0.05) is 11.6 Å². The number of benzene rings is 1. The van der Waals surface area contributed by atoms with Gasteiger partial charge in [0.25, 0.3) is 0 Å². The maximum absolute atomic E-state index is 11.4. The van der Waals surface area contributed by atoms with Crippen LogP contribution < -0.4 is 4.87 Å². The highest BCUT2D eigenvalue weighted by Crippen LogP contribution is 2.11. The predicted molar refractivity (Wildman–Crippen MR) is 63.6 cm³/mol. The smallest absolute Gasteiger partial charge is 0.302 e. The Morgan fingerprint density at radius 1 is 1.33 bits per heavy atom. The second kappa shape index (κ2) is 4.03. The summed E-state index contributed by atoms with van der Waals surface area (Å²) in [4.78, 5) is 11.5. The van der Waals surface area contributed by atoms with Crippen molar-refractivity contribution in [2.45, 2.75) is 20.4 Å². The molecule has 0 atom stereocenters. The van der Waals surface area contributed by atoms with E-state index >= 15 is 0 Å². The molecule has 0 radical (unpaired) electrons. The van der Waals surface area contributed by atoms with E-state index in [0.717, 1.165) is 0 Å². The molecule has 0 N–H and O–H groups in total. The zero-order valence-corrected chi connectivity index (χ0v) is 9.67. The summed E-state index contributed by atoms with van der Waals surface area (Å²) in [5, 5.41) is 1.83. The molecule has 0 aliphatic carbocycles. The molecule has 3 heteroatoms. The summed E-state index contributed by atoms with van der Waals surface area (Å²) in [6.07, 6.45) is 1.84. The average Bonchev–Trinajstić information content (AvgIpc) is 2.58. The van der Waals surface area contributed by atoms with Crippen molar-refractivity contribution in [1.82, 2.24) is 4.57 Å². The van der Waals surface area contributed by atoms with Crippen molar-refractivity contribution in [2.24, 2.45) is 0 Å². The van der Waals surface area contributed by atoms with Crippen LogP contribution >= 0.6 is 11.3 Å². The Bertz CT molecular complexity index is 524. The largest absolute Gasteiger partial charge is 0.307 e. The molecule has 0 bridgehead atoms. The van der Waals surface area contributed by atoms with E-state index in [2.05, 4.69) is 32.0 Å². The minimum absolute atomic E-state index is 0.107. The lowest BCUT2D eigenvalue weighted by atomic mass is 10.1. The highest BCUT2D eigenvalue weighted by molar-refractivity contribution is 7.07. The first-order valence-electron chi connectivity index (χ1n) is 4.87. The quantitative estimate of drug-likeness (QED) is 0.761. The Labute approximate surface area is 92.8 Å². The van der Waals surface area contributed by atoms with Crippen molar-refractivity contribution < 1.29 is 0 Å². The molecule has 0 aliphatic heterocycles. The van der Waals surface area contributed by atoms with Gasteiger partial charge in [-0.3, -0.25) is 4.79 Å². The first-order chi connectivity index (χ1) is 7.16. The molecule has 0 fully saturated rings. The van der Waals surface area contributed by atoms with Crippen LogP contribution in [-0.4, -0.2) is 4.57 Å². The molecule has 0 amide bonds. The van der Waals surface area contributed by atoms with E-state index in [1.54, 1.807) is 4.57 Å². The summed E-state index contributed by atoms with van der Waals surface area (Å²) in [5.41, 5.74) is 3.69. The Balaban J connectivity index is 2.36. The molecule has 1 aromatic heterocycles. The number of nitrogens with zero attached hydrogens (tertiary/aromatic N) is 1. The van der Waals surface area contributed by atoms with Crippen molar-refractivity contribution in [3.05, 3.63) is 56.1 Å². The van der Waals surface area contributed by atoms with E-state index in [1.807, 2.05) is 11.6 Å². The van der Waals surface area contributed by atoms with Crippen molar-refractivity contribution in [2.75, 3.05) is 0 Å². The second-order valence-electron chi connectivity index (χ2n) is 3.73. The first kappa shape index (κ1) is 10.2. The Kier molecular flexibility index (Phi) is 2.73. The SMILES string of the molecule is Cc1ccc(C)c(Cn2ccsc2=O)c1. The maximum atomic E-state index is 11.4. The Morgan fingerprint density at radius 2 is 2.13 bits per heavy atom. The lowest BCUT2D eigenvalue weighted by Gasteiger charge is -2.07. The lowest BCUT2D eigenvalue weighted by Crippen LogP contribution is -2.13. The number of aryl methyl sites for hydroxylation is 2. The van der Waals surface area contributed by atoms with E-state index in [-0.39, 0.29) is 4.87 Å². The van der Waals surface area contributed by atoms with Gasteiger partial charge in [-0.05, 0) is 25.0 Å². The van der Waals surface area contributed by atoms with Crippen LogP contribution in [0.4, 0.5) is 0 Å². The van der Waals surface area contributed by atoms with Crippen LogP contribution in [0.15, 0.2) is 34.6 Å². The fourth-order valence-corrected chi connectivity index (χ4v) is 2.15. The van der Waals surface area contributed by atoms with Gasteiger partial charge < -0.3 is 4.57 Å². The summed E-state index contributed by atoms with van der Waals surface area (Å²) >= 11 is 1.24. The summed E-state index contributed by atoms with van der Waals surface area (Å²) in [5.74, 6) is 0. The molecule has 0 saturated heterocycles. The molecule has 78 valence electrons. The van der Waals surface area contributed by atoms with Crippen LogP contribution in [0.5, 0.6) is 0 Å². The highest BCUT2D eigenvalue weighted by atomic mass is 32.1. The van der Waals surface area contributed by atoms with Gasteiger partial charge in [0.05, 0.1) is 6.54 Å². The third kappa shape index (κ3) is 2.18. The van der Waals surface area contributed by atoms with Gasteiger partial charge in [0.15, 0.2) is 0 Å². The van der Waals surface area contributed by atoms with Gasteiger partial charge in [-0.15, -0.1) is 0 Å². The van der Waals surface area contributed by atoms with E-state index in [9.17, 15) is 4.79 Å². The number of hydrogen-bond donors (Lipinski definition) is 0. The fourth-order valence-electron chi connectivity index (χ4n) is 1.56. The van der Waals surface area contributed by atoms with Gasteiger partial charge in [-0.25, -0.2) is 0 Å². The molecule has 15 heavy (non-hydrogen) atoms. The van der Waals surface area contributed by atoms with Gasteiger partial charge in [-0.1, -0.05) is 35.1 Å². The van der Waals surface area contributed by atoms with Crippen LogP contribution in [0, 0.1) is 13.8 Å².